The van der Waals surface area contributed by atoms with E-state index in [4.69, 9.17) is 5.73 Å². The zero-order valence-corrected chi connectivity index (χ0v) is 10.0. The molecule has 0 aliphatic carbocycles. The molecule has 0 radical (unpaired) electrons. The van der Waals surface area contributed by atoms with Gasteiger partial charge < -0.3 is 10.5 Å². The summed E-state index contributed by atoms with van der Waals surface area (Å²) in [4.78, 5) is 14.8. The van der Waals surface area contributed by atoms with E-state index in [9.17, 15) is 18.0 Å². The molecule has 1 aromatic heterocycles. The number of carbonyl (C=O) groups is 1. The summed E-state index contributed by atoms with van der Waals surface area (Å²) in [7, 11) is 0. The zero-order valence-electron chi connectivity index (χ0n) is 10.0. The van der Waals surface area contributed by atoms with Gasteiger partial charge in [-0.3, -0.25) is 9.78 Å². The summed E-state index contributed by atoms with van der Waals surface area (Å²) in [5, 5.41) is 0. The van der Waals surface area contributed by atoms with E-state index in [-0.39, 0.29) is 11.4 Å². The normalized spacial score (nSPS) is 11.2. The summed E-state index contributed by atoms with van der Waals surface area (Å²) in [6, 6.07) is 8.36. The van der Waals surface area contributed by atoms with Crippen LogP contribution in [-0.2, 0) is 0 Å². The minimum atomic E-state index is -4.75. The molecule has 0 fully saturated rings. The van der Waals surface area contributed by atoms with Crippen molar-refractivity contribution in [1.29, 1.82) is 0 Å². The first-order valence-corrected chi connectivity index (χ1v) is 5.47. The van der Waals surface area contributed by atoms with Crippen LogP contribution in [0.25, 0.3) is 11.1 Å². The lowest BCUT2D eigenvalue weighted by atomic mass is 10.1. The molecule has 0 aliphatic rings. The summed E-state index contributed by atoms with van der Waals surface area (Å²) in [6.07, 6.45) is -3.40. The van der Waals surface area contributed by atoms with Crippen molar-refractivity contribution in [3.63, 3.8) is 0 Å². The average Bonchev–Trinajstić information content (AvgIpc) is 2.37. The predicted molar refractivity (Wildman–Crippen MR) is 64.9 cm³/mol. The molecule has 20 heavy (non-hydrogen) atoms. The number of halogens is 3. The lowest BCUT2D eigenvalue weighted by molar-refractivity contribution is -0.274. The highest BCUT2D eigenvalue weighted by Crippen LogP contribution is 2.27. The van der Waals surface area contributed by atoms with Gasteiger partial charge in [-0.05, 0) is 35.4 Å². The number of carbonyl (C=O) groups excluding carboxylic acids is 1. The third kappa shape index (κ3) is 3.47. The Balaban J connectivity index is 2.36. The van der Waals surface area contributed by atoms with Crippen molar-refractivity contribution in [2.75, 3.05) is 0 Å². The first kappa shape index (κ1) is 13.9. The Morgan fingerprint density at radius 2 is 1.85 bits per heavy atom. The van der Waals surface area contributed by atoms with Gasteiger partial charge in [0.15, 0.2) is 0 Å². The van der Waals surface area contributed by atoms with Gasteiger partial charge in [-0.2, -0.15) is 0 Å². The van der Waals surface area contributed by atoms with E-state index < -0.39 is 12.3 Å². The molecule has 0 saturated heterocycles. The van der Waals surface area contributed by atoms with Gasteiger partial charge >= 0.3 is 6.36 Å². The van der Waals surface area contributed by atoms with Gasteiger partial charge in [-0.15, -0.1) is 13.2 Å². The topological polar surface area (TPSA) is 65.2 Å². The molecule has 1 amide bonds. The molecule has 0 unspecified atom stereocenters. The highest BCUT2D eigenvalue weighted by molar-refractivity contribution is 5.92. The number of benzene rings is 1. The van der Waals surface area contributed by atoms with Crippen LogP contribution in [0.1, 0.15) is 10.5 Å². The minimum absolute atomic E-state index is 0.0321. The van der Waals surface area contributed by atoms with Crippen LogP contribution in [0.5, 0.6) is 5.75 Å². The number of amides is 1. The SMILES string of the molecule is NC(=O)c1cc(-c2cccc(OC(F)(F)F)c2)ccn1. The molecule has 1 heterocycles. The number of ether oxygens (including phenoxy) is 1. The summed E-state index contributed by atoms with van der Waals surface area (Å²) < 4.78 is 40.3. The maximum Gasteiger partial charge on any atom is 0.573 e. The third-order valence-electron chi connectivity index (χ3n) is 2.41. The molecule has 4 nitrogen and oxygen atoms in total. The largest absolute Gasteiger partial charge is 0.573 e. The van der Waals surface area contributed by atoms with Crippen molar-refractivity contribution < 1.29 is 22.7 Å². The first-order valence-electron chi connectivity index (χ1n) is 5.47. The van der Waals surface area contributed by atoms with E-state index >= 15 is 0 Å². The Labute approximate surface area is 112 Å². The Bertz CT molecular complexity index is 642. The molecule has 0 saturated carbocycles. The third-order valence-corrected chi connectivity index (χ3v) is 2.41. The molecule has 7 heteroatoms. The van der Waals surface area contributed by atoms with Crippen LogP contribution >= 0.6 is 0 Å². The van der Waals surface area contributed by atoms with Crippen molar-refractivity contribution in [3.05, 3.63) is 48.3 Å². The van der Waals surface area contributed by atoms with E-state index in [0.717, 1.165) is 0 Å². The summed E-state index contributed by atoms with van der Waals surface area (Å²) in [5.74, 6) is -1.05. The van der Waals surface area contributed by atoms with E-state index in [1.165, 1.54) is 30.5 Å². The summed E-state index contributed by atoms with van der Waals surface area (Å²) in [6.45, 7) is 0. The second kappa shape index (κ2) is 5.20. The number of primary amides is 1. The van der Waals surface area contributed by atoms with Crippen molar-refractivity contribution in [1.82, 2.24) is 4.98 Å². The van der Waals surface area contributed by atoms with Crippen LogP contribution in [0.3, 0.4) is 0 Å². The quantitative estimate of drug-likeness (QED) is 0.941. The number of rotatable bonds is 3. The molecule has 0 spiro atoms. The van der Waals surface area contributed by atoms with E-state index in [2.05, 4.69) is 9.72 Å². The van der Waals surface area contributed by atoms with Gasteiger partial charge in [0.25, 0.3) is 5.91 Å². The van der Waals surface area contributed by atoms with Gasteiger partial charge in [0, 0.05) is 6.20 Å². The molecule has 0 aliphatic heterocycles. The monoisotopic (exact) mass is 282 g/mol. The smallest absolute Gasteiger partial charge is 0.406 e. The van der Waals surface area contributed by atoms with Crippen LogP contribution in [0.4, 0.5) is 13.2 Å². The molecule has 2 aromatic rings. The van der Waals surface area contributed by atoms with Crippen LogP contribution in [0.15, 0.2) is 42.6 Å². The van der Waals surface area contributed by atoms with Crippen LogP contribution < -0.4 is 10.5 Å². The van der Waals surface area contributed by atoms with Gasteiger partial charge in [0.2, 0.25) is 0 Å². The highest BCUT2D eigenvalue weighted by atomic mass is 19.4. The summed E-state index contributed by atoms with van der Waals surface area (Å²) in [5.41, 5.74) is 6.10. The van der Waals surface area contributed by atoms with Gasteiger partial charge in [0.1, 0.15) is 11.4 Å². The number of pyridine rings is 1. The molecular weight excluding hydrogens is 273 g/mol. The fraction of sp³-hybridized carbons (Fsp3) is 0.0769. The molecule has 0 atom stereocenters. The maximum absolute atomic E-state index is 12.2. The maximum atomic E-state index is 12.2. The zero-order chi connectivity index (χ0) is 14.8. The molecule has 1 aromatic carbocycles. The number of alkyl halides is 3. The van der Waals surface area contributed by atoms with Crippen molar-refractivity contribution in [2.45, 2.75) is 6.36 Å². The Kier molecular flexibility index (Phi) is 3.60. The average molecular weight is 282 g/mol. The van der Waals surface area contributed by atoms with E-state index in [1.807, 2.05) is 0 Å². The Morgan fingerprint density at radius 1 is 1.15 bits per heavy atom. The lowest BCUT2D eigenvalue weighted by Crippen LogP contribution is -2.17. The second-order valence-corrected chi connectivity index (χ2v) is 3.87. The van der Waals surface area contributed by atoms with Crippen molar-refractivity contribution in [3.8, 4) is 16.9 Å². The number of aromatic nitrogens is 1. The van der Waals surface area contributed by atoms with Crippen LogP contribution in [-0.4, -0.2) is 17.3 Å². The first-order chi connectivity index (χ1) is 9.35. The lowest BCUT2D eigenvalue weighted by Gasteiger charge is -2.10. The standard InChI is InChI=1S/C13H9F3N2O2/c14-13(15,16)20-10-3-1-2-8(6-10)9-4-5-18-11(7-9)12(17)19/h1-7H,(H2,17,19). The Morgan fingerprint density at radius 3 is 2.50 bits per heavy atom. The predicted octanol–water partition coefficient (Wildman–Crippen LogP) is 2.75. The molecular formula is C13H9F3N2O2. The fourth-order valence-corrected chi connectivity index (χ4v) is 1.62. The van der Waals surface area contributed by atoms with Crippen LogP contribution in [0, 0.1) is 0 Å². The van der Waals surface area contributed by atoms with E-state index in [0.29, 0.717) is 11.1 Å². The number of nitrogens with zero attached hydrogens (tertiary/aromatic N) is 1. The van der Waals surface area contributed by atoms with E-state index in [1.54, 1.807) is 12.1 Å². The Hall–Kier alpha value is -2.57. The van der Waals surface area contributed by atoms with Crippen molar-refractivity contribution in [2.24, 2.45) is 5.73 Å². The summed E-state index contributed by atoms with van der Waals surface area (Å²) >= 11 is 0. The molecule has 2 N–H and O–H groups in total. The van der Waals surface area contributed by atoms with Gasteiger partial charge in [0.05, 0.1) is 0 Å². The van der Waals surface area contributed by atoms with Crippen molar-refractivity contribution >= 4 is 5.91 Å². The molecule has 104 valence electrons. The van der Waals surface area contributed by atoms with Gasteiger partial charge in [-0.1, -0.05) is 12.1 Å². The number of hydrogen-bond donors (Lipinski definition) is 1. The van der Waals surface area contributed by atoms with Gasteiger partial charge in [-0.25, -0.2) is 0 Å². The van der Waals surface area contributed by atoms with Crippen LogP contribution in [0.2, 0.25) is 0 Å². The number of hydrogen-bond acceptors (Lipinski definition) is 3. The second-order valence-electron chi connectivity index (χ2n) is 3.87. The molecule has 0 bridgehead atoms. The molecule has 2 rings (SSSR count). The minimum Gasteiger partial charge on any atom is -0.406 e. The fourth-order valence-electron chi connectivity index (χ4n) is 1.62. The highest BCUT2D eigenvalue weighted by Gasteiger charge is 2.31. The number of nitrogens with two attached hydrogens (primary N) is 1.